The Morgan fingerprint density at radius 2 is 1.26 bits per heavy atom. The first-order valence-corrected chi connectivity index (χ1v) is 14.0. The number of nitrogens with zero attached hydrogens (tertiary/aromatic N) is 4. The first-order chi connectivity index (χ1) is 18.8. The molecule has 5 heteroatoms. The van der Waals surface area contributed by atoms with E-state index in [0.29, 0.717) is 0 Å². The van der Waals surface area contributed by atoms with Gasteiger partial charge in [-0.25, -0.2) is 15.0 Å². The predicted octanol–water partition coefficient (Wildman–Crippen LogP) is 6.50. The minimum absolute atomic E-state index is 0.851. The molecule has 0 amide bonds. The molecule has 3 heterocycles. The molecule has 0 fully saturated rings. The number of fused-ring (bicyclic) bond motifs is 9. The molecule has 38 heavy (non-hydrogen) atoms. The number of hydrogen-bond acceptors (Lipinski definition) is 3. The molecular formula is C33H21N4P. The average Bonchev–Trinajstić information content (AvgIpc) is 3.37. The Hall–Kier alpha value is -4.66. The Bertz CT molecular complexity index is 2150. The van der Waals surface area contributed by atoms with Gasteiger partial charge < -0.3 is 0 Å². The highest BCUT2D eigenvalue weighted by molar-refractivity contribution is 7.79. The molecule has 1 atom stereocenters. The van der Waals surface area contributed by atoms with E-state index in [9.17, 15) is 0 Å². The van der Waals surface area contributed by atoms with Crippen LogP contribution >= 0.6 is 7.92 Å². The van der Waals surface area contributed by atoms with Crippen LogP contribution in [0, 0.1) is 0 Å². The van der Waals surface area contributed by atoms with Crippen LogP contribution in [-0.4, -0.2) is 19.4 Å². The third-order valence-electron chi connectivity index (χ3n) is 7.19. The van der Waals surface area contributed by atoms with Crippen molar-refractivity contribution in [1.29, 1.82) is 0 Å². The zero-order valence-corrected chi connectivity index (χ0v) is 21.3. The summed E-state index contributed by atoms with van der Waals surface area (Å²) in [5, 5.41) is 7.07. The second kappa shape index (κ2) is 8.44. The molecule has 8 rings (SSSR count). The summed E-state index contributed by atoms with van der Waals surface area (Å²) in [6.07, 6.45) is 1.94. The van der Waals surface area contributed by atoms with Crippen LogP contribution in [0.4, 0.5) is 0 Å². The van der Waals surface area contributed by atoms with Gasteiger partial charge in [0.05, 0.1) is 22.1 Å². The number of imidazole rings is 1. The Labute approximate surface area is 220 Å². The summed E-state index contributed by atoms with van der Waals surface area (Å²) >= 11 is 0. The van der Waals surface area contributed by atoms with Gasteiger partial charge in [0.15, 0.2) is 5.57 Å². The Morgan fingerprint density at radius 3 is 2.16 bits per heavy atom. The van der Waals surface area contributed by atoms with E-state index in [0.717, 1.165) is 38.5 Å². The smallest absolute Gasteiger partial charge is 0.160 e. The summed E-state index contributed by atoms with van der Waals surface area (Å²) in [5.74, 6) is 0. The molecule has 4 nitrogen and oxygen atoms in total. The second-order valence-corrected chi connectivity index (χ2v) is 11.5. The fourth-order valence-electron chi connectivity index (χ4n) is 5.47. The van der Waals surface area contributed by atoms with Crippen LogP contribution in [0.15, 0.2) is 128 Å². The fourth-order valence-corrected chi connectivity index (χ4v) is 7.56. The zero-order valence-electron chi connectivity index (χ0n) is 20.4. The third kappa shape index (κ3) is 3.24. The van der Waals surface area contributed by atoms with Crippen LogP contribution < -0.4 is 16.2 Å². The van der Waals surface area contributed by atoms with Gasteiger partial charge in [-0.3, -0.25) is 4.40 Å². The monoisotopic (exact) mass is 504 g/mol. The highest BCUT2D eigenvalue weighted by Crippen LogP contribution is 2.35. The van der Waals surface area contributed by atoms with Gasteiger partial charge in [0.25, 0.3) is 0 Å². The molecule has 0 saturated heterocycles. The molecule has 0 radical (unpaired) electrons. The van der Waals surface area contributed by atoms with Gasteiger partial charge in [-0.2, -0.15) is 0 Å². The van der Waals surface area contributed by atoms with Gasteiger partial charge in [-0.05, 0) is 40.3 Å². The highest BCUT2D eigenvalue weighted by atomic mass is 31.1. The van der Waals surface area contributed by atoms with Crippen LogP contribution in [-0.2, 0) is 0 Å². The molecule has 0 spiro atoms. The van der Waals surface area contributed by atoms with Crippen LogP contribution in [0.5, 0.6) is 0 Å². The van der Waals surface area contributed by atoms with Crippen LogP contribution in [0.2, 0.25) is 0 Å². The SMILES string of the molecule is c1ccc(P(c2ccc3c(c2)nc2c4ccccc4c4ccccc4n32)c2ncc3ccccc3n2)cc1. The number of aromatic nitrogens is 4. The van der Waals surface area contributed by atoms with Gasteiger partial charge in [0.1, 0.15) is 5.65 Å². The van der Waals surface area contributed by atoms with E-state index in [-0.39, 0.29) is 0 Å². The standard InChI is InChI=1S/C33H21N4P/c1-2-11-23(12-3-1)38(33-34-21-22-10-4-8-16-28(22)36-33)24-18-19-31-29(20-24)35-32-27-15-6-5-13-25(27)26-14-7-9-17-30(26)37(31)32/h1-21H. The topological polar surface area (TPSA) is 43.1 Å². The van der Waals surface area contributed by atoms with Crippen molar-refractivity contribution in [3.63, 3.8) is 0 Å². The maximum absolute atomic E-state index is 5.21. The number of rotatable bonds is 3. The van der Waals surface area contributed by atoms with E-state index < -0.39 is 7.92 Å². The quantitative estimate of drug-likeness (QED) is 0.204. The van der Waals surface area contributed by atoms with Crippen molar-refractivity contribution < 1.29 is 0 Å². The van der Waals surface area contributed by atoms with E-state index in [4.69, 9.17) is 15.0 Å². The lowest BCUT2D eigenvalue weighted by atomic mass is 10.1. The normalized spacial score (nSPS) is 12.6. The van der Waals surface area contributed by atoms with Gasteiger partial charge >= 0.3 is 0 Å². The van der Waals surface area contributed by atoms with Crippen LogP contribution in [0.3, 0.4) is 0 Å². The molecule has 0 N–H and O–H groups in total. The lowest BCUT2D eigenvalue weighted by Crippen LogP contribution is -2.25. The Morgan fingerprint density at radius 1 is 0.526 bits per heavy atom. The molecule has 0 aliphatic carbocycles. The second-order valence-electron chi connectivity index (χ2n) is 9.41. The van der Waals surface area contributed by atoms with E-state index in [1.54, 1.807) is 0 Å². The largest absolute Gasteiger partial charge is 0.292 e. The van der Waals surface area contributed by atoms with Crippen molar-refractivity contribution in [3.05, 3.63) is 128 Å². The van der Waals surface area contributed by atoms with Crippen molar-refractivity contribution in [1.82, 2.24) is 19.4 Å². The van der Waals surface area contributed by atoms with Gasteiger partial charge in [-0.15, -0.1) is 0 Å². The maximum Gasteiger partial charge on any atom is 0.160 e. The molecule has 0 saturated carbocycles. The lowest BCUT2D eigenvalue weighted by molar-refractivity contribution is 1.30. The van der Waals surface area contributed by atoms with Gasteiger partial charge in [0, 0.05) is 30.3 Å². The summed E-state index contributed by atoms with van der Waals surface area (Å²) < 4.78 is 2.30. The van der Waals surface area contributed by atoms with Crippen molar-refractivity contribution >= 4 is 73.4 Å². The summed E-state index contributed by atoms with van der Waals surface area (Å²) in [7, 11) is -0.962. The first kappa shape index (κ1) is 21.4. The molecule has 5 aromatic carbocycles. The van der Waals surface area contributed by atoms with Crippen molar-refractivity contribution in [3.8, 4) is 0 Å². The molecule has 1 unspecified atom stereocenters. The summed E-state index contributed by atoms with van der Waals surface area (Å²) in [5.41, 5.74) is 6.05. The lowest BCUT2D eigenvalue weighted by Gasteiger charge is -2.17. The minimum Gasteiger partial charge on any atom is -0.292 e. The molecule has 0 bridgehead atoms. The number of hydrogen-bond donors (Lipinski definition) is 0. The summed E-state index contributed by atoms with van der Waals surface area (Å²) in [4.78, 5) is 15.1. The van der Waals surface area contributed by atoms with Gasteiger partial charge in [-0.1, -0.05) is 97.1 Å². The summed E-state index contributed by atoms with van der Waals surface area (Å²) in [6.45, 7) is 0. The number of para-hydroxylation sites is 2. The third-order valence-corrected chi connectivity index (χ3v) is 9.41. The average molecular weight is 505 g/mol. The molecule has 8 aromatic rings. The van der Waals surface area contributed by atoms with E-state index in [1.807, 2.05) is 18.3 Å². The summed E-state index contributed by atoms with van der Waals surface area (Å²) in [6, 6.07) is 42.6. The Balaban J connectivity index is 1.41. The van der Waals surface area contributed by atoms with Crippen LogP contribution in [0.25, 0.3) is 49.3 Å². The van der Waals surface area contributed by atoms with E-state index in [1.165, 1.54) is 26.9 Å². The number of pyridine rings is 1. The van der Waals surface area contributed by atoms with Crippen molar-refractivity contribution in [2.45, 2.75) is 0 Å². The first-order valence-electron chi connectivity index (χ1n) is 12.6. The molecule has 0 aliphatic heterocycles. The molecular weight excluding hydrogens is 483 g/mol. The Kier molecular flexibility index (Phi) is 4.76. The molecule has 3 aromatic heterocycles. The predicted molar refractivity (Wildman–Crippen MR) is 160 cm³/mol. The molecule has 178 valence electrons. The number of benzene rings is 5. The molecule has 0 aliphatic rings. The van der Waals surface area contributed by atoms with Crippen LogP contribution in [0.1, 0.15) is 0 Å². The van der Waals surface area contributed by atoms with E-state index >= 15 is 0 Å². The highest BCUT2D eigenvalue weighted by Gasteiger charge is 2.22. The van der Waals surface area contributed by atoms with Gasteiger partial charge in [0.2, 0.25) is 0 Å². The van der Waals surface area contributed by atoms with Crippen molar-refractivity contribution in [2.75, 3.05) is 0 Å². The maximum atomic E-state index is 5.21. The van der Waals surface area contributed by atoms with E-state index in [2.05, 4.69) is 114 Å². The minimum atomic E-state index is -0.962. The zero-order chi connectivity index (χ0) is 25.1. The fraction of sp³-hybridized carbons (Fsp3) is 0. The van der Waals surface area contributed by atoms with Crippen molar-refractivity contribution in [2.24, 2.45) is 0 Å².